The summed E-state index contributed by atoms with van der Waals surface area (Å²) in [6.45, 7) is 0. The molecule has 1 aromatic rings. The number of rotatable bonds is 0. The molecule has 13 heavy (non-hydrogen) atoms. The van der Waals surface area contributed by atoms with Gasteiger partial charge in [0.1, 0.15) is 0 Å². The summed E-state index contributed by atoms with van der Waals surface area (Å²) in [5.41, 5.74) is -1.04. The van der Waals surface area contributed by atoms with Crippen LogP contribution in [0, 0.1) is 0 Å². The van der Waals surface area contributed by atoms with Crippen LogP contribution in [0.15, 0.2) is 17.0 Å². The van der Waals surface area contributed by atoms with Gasteiger partial charge in [-0.3, -0.25) is 0 Å². The smallest absolute Gasteiger partial charge is 0.166 e. The van der Waals surface area contributed by atoms with E-state index in [1.165, 1.54) is 6.07 Å². The first kappa shape index (κ1) is 11.0. The highest BCUT2D eigenvalue weighted by Crippen LogP contribution is 2.41. The van der Waals surface area contributed by atoms with Crippen molar-refractivity contribution in [2.24, 2.45) is 0 Å². The minimum atomic E-state index is -4.55. The Morgan fingerprint density at radius 1 is 1.15 bits per heavy atom. The first-order valence-electron chi connectivity index (χ1n) is 3.08. The lowest BCUT2D eigenvalue weighted by Crippen LogP contribution is -2.07. The average Bonchev–Trinajstić information content (AvgIpc) is 1.95. The van der Waals surface area contributed by atoms with Gasteiger partial charge in [0.25, 0.3) is 0 Å². The van der Waals surface area contributed by atoms with E-state index in [9.17, 15) is 13.2 Å². The summed E-state index contributed by atoms with van der Waals surface area (Å²) >= 11 is 14.5. The van der Waals surface area contributed by atoms with Crippen molar-refractivity contribution in [1.29, 1.82) is 0 Å². The molecule has 0 fully saturated rings. The molecule has 0 aliphatic heterocycles. The topological polar surface area (TPSA) is 0 Å². The van der Waals surface area contributed by atoms with Crippen LogP contribution < -0.4 is 0 Å². The molecule has 0 atom stereocenters. The lowest BCUT2D eigenvalue weighted by atomic mass is 10.2. The van der Waals surface area contributed by atoms with Gasteiger partial charge in [0.15, 0.2) is 0 Å². The van der Waals surface area contributed by atoms with Gasteiger partial charge < -0.3 is 0 Å². The van der Waals surface area contributed by atoms with Crippen LogP contribution in [0.3, 0.4) is 0 Å². The SMILES string of the molecule is FC(F)(F)c1c(Cl)ccc(S)c1Cl. The molecule has 0 saturated heterocycles. The minimum Gasteiger partial charge on any atom is -0.166 e. The van der Waals surface area contributed by atoms with Gasteiger partial charge in [0.2, 0.25) is 0 Å². The molecule has 0 bridgehead atoms. The Labute approximate surface area is 88.1 Å². The van der Waals surface area contributed by atoms with Gasteiger partial charge in [-0.15, -0.1) is 12.6 Å². The summed E-state index contributed by atoms with van der Waals surface area (Å²) in [4.78, 5) is 0.0541. The second kappa shape index (κ2) is 3.59. The monoisotopic (exact) mass is 246 g/mol. The Balaban J connectivity index is 3.43. The molecule has 0 heterocycles. The van der Waals surface area contributed by atoms with Gasteiger partial charge >= 0.3 is 6.18 Å². The number of thiol groups is 1. The van der Waals surface area contributed by atoms with Crippen molar-refractivity contribution in [1.82, 2.24) is 0 Å². The maximum absolute atomic E-state index is 12.3. The van der Waals surface area contributed by atoms with E-state index in [1.54, 1.807) is 0 Å². The van der Waals surface area contributed by atoms with Crippen LogP contribution in [-0.4, -0.2) is 0 Å². The fraction of sp³-hybridized carbons (Fsp3) is 0.143. The Hall–Kier alpha value is -0.0600. The number of hydrogen-bond donors (Lipinski definition) is 1. The summed E-state index contributed by atoms with van der Waals surface area (Å²) < 4.78 is 36.9. The van der Waals surface area contributed by atoms with Crippen LogP contribution in [0.4, 0.5) is 13.2 Å². The van der Waals surface area contributed by atoms with Crippen molar-refractivity contribution < 1.29 is 13.2 Å². The van der Waals surface area contributed by atoms with Crippen LogP contribution in [0.1, 0.15) is 5.56 Å². The maximum atomic E-state index is 12.3. The Morgan fingerprint density at radius 3 is 2.08 bits per heavy atom. The highest BCUT2D eigenvalue weighted by atomic mass is 35.5. The van der Waals surface area contributed by atoms with Crippen LogP contribution in [-0.2, 0) is 6.18 Å². The summed E-state index contributed by atoms with van der Waals surface area (Å²) in [5, 5.41) is -0.890. The molecule has 0 radical (unpaired) electrons. The molecular weight excluding hydrogens is 244 g/mol. The number of halogens is 5. The van der Waals surface area contributed by atoms with Gasteiger partial charge in [-0.05, 0) is 12.1 Å². The Morgan fingerprint density at radius 2 is 1.69 bits per heavy atom. The van der Waals surface area contributed by atoms with E-state index in [1.807, 2.05) is 0 Å². The Kier molecular flexibility index (Phi) is 3.05. The van der Waals surface area contributed by atoms with Crippen molar-refractivity contribution in [2.75, 3.05) is 0 Å². The molecular formula is C7H3Cl2F3S. The molecule has 72 valence electrons. The first-order valence-corrected chi connectivity index (χ1v) is 4.28. The molecule has 0 nitrogen and oxygen atoms in total. The van der Waals surface area contributed by atoms with Crippen LogP contribution in [0.25, 0.3) is 0 Å². The van der Waals surface area contributed by atoms with E-state index in [-0.39, 0.29) is 4.90 Å². The summed E-state index contributed by atoms with van der Waals surface area (Å²) in [7, 11) is 0. The van der Waals surface area contributed by atoms with Gasteiger partial charge in [0, 0.05) is 4.90 Å². The third-order valence-electron chi connectivity index (χ3n) is 1.35. The molecule has 0 aliphatic carbocycles. The second-order valence-corrected chi connectivity index (χ2v) is 3.52. The molecule has 0 aromatic heterocycles. The third kappa shape index (κ3) is 2.24. The third-order valence-corrected chi connectivity index (χ3v) is 2.57. The maximum Gasteiger partial charge on any atom is 0.419 e. The predicted molar refractivity (Wildman–Crippen MR) is 48.7 cm³/mol. The van der Waals surface area contributed by atoms with E-state index in [2.05, 4.69) is 12.6 Å². The van der Waals surface area contributed by atoms with Gasteiger partial charge in [-0.2, -0.15) is 13.2 Å². The van der Waals surface area contributed by atoms with Crippen molar-refractivity contribution >= 4 is 35.8 Å². The van der Waals surface area contributed by atoms with E-state index in [0.717, 1.165) is 6.07 Å². The molecule has 1 aromatic carbocycles. The lowest BCUT2D eigenvalue weighted by Gasteiger charge is -2.11. The molecule has 0 saturated carbocycles. The van der Waals surface area contributed by atoms with Crippen LogP contribution in [0.2, 0.25) is 10.0 Å². The molecule has 0 spiro atoms. The highest BCUT2D eigenvalue weighted by molar-refractivity contribution is 7.80. The minimum absolute atomic E-state index is 0.0541. The standard InChI is InChI=1S/C7H3Cl2F3S/c8-3-1-2-4(13)6(9)5(3)7(10,11)12/h1-2,13H. The van der Waals surface area contributed by atoms with Crippen molar-refractivity contribution in [3.63, 3.8) is 0 Å². The van der Waals surface area contributed by atoms with Gasteiger partial charge in [-0.25, -0.2) is 0 Å². The zero-order valence-electron chi connectivity index (χ0n) is 5.99. The van der Waals surface area contributed by atoms with Crippen molar-refractivity contribution in [3.8, 4) is 0 Å². The fourth-order valence-corrected chi connectivity index (χ4v) is 1.57. The lowest BCUT2D eigenvalue weighted by molar-refractivity contribution is -0.137. The predicted octanol–water partition coefficient (Wildman–Crippen LogP) is 4.30. The first-order chi connectivity index (χ1) is 5.84. The van der Waals surface area contributed by atoms with Crippen LogP contribution in [0.5, 0.6) is 0 Å². The highest BCUT2D eigenvalue weighted by Gasteiger charge is 2.36. The van der Waals surface area contributed by atoms with E-state index in [4.69, 9.17) is 23.2 Å². The average molecular weight is 247 g/mol. The molecule has 6 heteroatoms. The van der Waals surface area contributed by atoms with E-state index < -0.39 is 21.8 Å². The molecule has 0 unspecified atom stereocenters. The summed E-state index contributed by atoms with van der Waals surface area (Å²) in [6.07, 6.45) is -4.55. The largest absolute Gasteiger partial charge is 0.419 e. The van der Waals surface area contributed by atoms with Gasteiger partial charge in [0.05, 0.1) is 15.6 Å². The Bertz CT molecular complexity index is 335. The van der Waals surface area contributed by atoms with E-state index >= 15 is 0 Å². The molecule has 0 N–H and O–H groups in total. The molecule has 0 aliphatic rings. The fourth-order valence-electron chi connectivity index (χ4n) is 0.801. The normalized spacial score (nSPS) is 11.8. The van der Waals surface area contributed by atoms with Crippen LogP contribution >= 0.6 is 35.8 Å². The zero-order chi connectivity index (χ0) is 10.2. The second-order valence-electron chi connectivity index (χ2n) is 2.25. The quantitative estimate of drug-likeness (QED) is 0.649. The molecule has 0 amide bonds. The van der Waals surface area contributed by atoms with E-state index in [0.29, 0.717) is 0 Å². The summed E-state index contributed by atoms with van der Waals surface area (Å²) in [5.74, 6) is 0. The molecule has 1 rings (SSSR count). The number of benzene rings is 1. The number of hydrogen-bond acceptors (Lipinski definition) is 1. The number of alkyl halides is 3. The summed E-state index contributed by atoms with van der Waals surface area (Å²) in [6, 6.07) is 2.42. The van der Waals surface area contributed by atoms with Crippen molar-refractivity contribution in [3.05, 3.63) is 27.7 Å². The van der Waals surface area contributed by atoms with Crippen molar-refractivity contribution in [2.45, 2.75) is 11.1 Å². The zero-order valence-corrected chi connectivity index (χ0v) is 8.40. The van der Waals surface area contributed by atoms with Gasteiger partial charge in [-0.1, -0.05) is 23.2 Å².